The van der Waals surface area contributed by atoms with E-state index in [9.17, 15) is 0 Å². The molecule has 0 aromatic rings. The van der Waals surface area contributed by atoms with Crippen molar-refractivity contribution in [3.63, 3.8) is 0 Å². The zero-order valence-corrected chi connectivity index (χ0v) is 12.6. The van der Waals surface area contributed by atoms with Gasteiger partial charge >= 0.3 is 0 Å². The smallest absolute Gasteiger partial charge is 0.0572 e. The summed E-state index contributed by atoms with van der Waals surface area (Å²) in [5.41, 5.74) is 0.628. The van der Waals surface area contributed by atoms with Crippen LogP contribution in [0.3, 0.4) is 0 Å². The lowest BCUT2D eigenvalue weighted by Crippen LogP contribution is -2.49. The van der Waals surface area contributed by atoms with Crippen molar-refractivity contribution in [3.8, 4) is 0 Å². The van der Waals surface area contributed by atoms with E-state index >= 15 is 0 Å². The minimum atomic E-state index is 0.239. The van der Waals surface area contributed by atoms with Crippen LogP contribution in [0.5, 0.6) is 0 Å². The van der Waals surface area contributed by atoms with Crippen LogP contribution in [0.2, 0.25) is 0 Å². The average molecular weight is 241 g/mol. The van der Waals surface area contributed by atoms with Gasteiger partial charge in [0.05, 0.1) is 6.10 Å². The van der Waals surface area contributed by atoms with Crippen LogP contribution in [-0.2, 0) is 4.74 Å². The van der Waals surface area contributed by atoms with Gasteiger partial charge in [0.25, 0.3) is 0 Å². The van der Waals surface area contributed by atoms with Gasteiger partial charge in [-0.25, -0.2) is 0 Å². The molecule has 0 aliphatic heterocycles. The van der Waals surface area contributed by atoms with Gasteiger partial charge in [-0.1, -0.05) is 20.8 Å². The minimum Gasteiger partial charge on any atom is -0.381 e. The normalized spacial score (nSPS) is 27.2. The molecule has 102 valence electrons. The molecular weight excluding hydrogens is 210 g/mol. The molecule has 0 atom stereocenters. The highest BCUT2D eigenvalue weighted by Crippen LogP contribution is 2.29. The Bertz CT molecular complexity index is 222. The van der Waals surface area contributed by atoms with Gasteiger partial charge in [0.2, 0.25) is 0 Å². The Kier molecular flexibility index (Phi) is 5.03. The van der Waals surface area contributed by atoms with Crippen molar-refractivity contribution < 1.29 is 4.74 Å². The fourth-order valence-corrected chi connectivity index (χ4v) is 3.37. The van der Waals surface area contributed by atoms with Gasteiger partial charge in [-0.3, -0.25) is 0 Å². The van der Waals surface area contributed by atoms with Crippen LogP contribution in [0.25, 0.3) is 0 Å². The molecule has 0 saturated heterocycles. The Hall–Kier alpha value is -0.0800. The Morgan fingerprint density at radius 3 is 1.94 bits per heavy atom. The topological polar surface area (TPSA) is 21.3 Å². The number of nitrogens with one attached hydrogen (secondary N) is 1. The van der Waals surface area contributed by atoms with Gasteiger partial charge < -0.3 is 10.1 Å². The summed E-state index contributed by atoms with van der Waals surface area (Å²) in [6.45, 7) is 11.6. The Balaban J connectivity index is 2.38. The summed E-state index contributed by atoms with van der Waals surface area (Å²) < 4.78 is 5.42. The molecule has 2 nitrogen and oxygen atoms in total. The summed E-state index contributed by atoms with van der Waals surface area (Å²) in [5.74, 6) is 0. The standard InChI is InChI=1S/C15H31NO/c1-14(2,3)11-15(4,5)16-12-7-9-13(17-6)10-8-12/h12-13,16H,7-11H2,1-6H3. The second-order valence-corrected chi connectivity index (χ2v) is 7.47. The highest BCUT2D eigenvalue weighted by atomic mass is 16.5. The lowest BCUT2D eigenvalue weighted by atomic mass is 9.80. The van der Waals surface area contributed by atoms with Crippen LogP contribution in [0.15, 0.2) is 0 Å². The maximum atomic E-state index is 5.42. The molecule has 1 fully saturated rings. The molecule has 0 heterocycles. The van der Waals surface area contributed by atoms with Crippen molar-refractivity contribution in [3.05, 3.63) is 0 Å². The highest BCUT2D eigenvalue weighted by molar-refractivity contribution is 4.88. The first kappa shape index (κ1) is 15.0. The second kappa shape index (κ2) is 5.71. The lowest BCUT2D eigenvalue weighted by molar-refractivity contribution is 0.0570. The molecule has 0 aromatic carbocycles. The third kappa shape index (κ3) is 5.87. The van der Waals surface area contributed by atoms with Crippen LogP contribution in [0.4, 0.5) is 0 Å². The van der Waals surface area contributed by atoms with Crippen LogP contribution in [0, 0.1) is 5.41 Å². The monoisotopic (exact) mass is 241 g/mol. The van der Waals surface area contributed by atoms with Crippen molar-refractivity contribution in [2.45, 2.75) is 84.4 Å². The van der Waals surface area contributed by atoms with Gasteiger partial charge in [-0.05, 0) is 51.4 Å². The first-order valence-electron chi connectivity index (χ1n) is 7.02. The summed E-state index contributed by atoms with van der Waals surface area (Å²) in [5, 5.41) is 3.84. The van der Waals surface area contributed by atoms with Crippen molar-refractivity contribution in [2.24, 2.45) is 5.41 Å². The first-order valence-corrected chi connectivity index (χ1v) is 7.02. The van der Waals surface area contributed by atoms with E-state index in [1.54, 1.807) is 0 Å². The molecule has 0 radical (unpaired) electrons. The third-order valence-corrected chi connectivity index (χ3v) is 3.57. The molecule has 1 saturated carbocycles. The van der Waals surface area contributed by atoms with Gasteiger partial charge in [0.1, 0.15) is 0 Å². The molecule has 1 rings (SSSR count). The van der Waals surface area contributed by atoms with Gasteiger partial charge in [0, 0.05) is 18.7 Å². The van der Waals surface area contributed by atoms with E-state index in [0.29, 0.717) is 17.6 Å². The van der Waals surface area contributed by atoms with E-state index in [1.165, 1.54) is 32.1 Å². The van der Waals surface area contributed by atoms with E-state index in [-0.39, 0.29) is 5.54 Å². The summed E-state index contributed by atoms with van der Waals surface area (Å²) in [6, 6.07) is 0.679. The Labute approximate surface area is 108 Å². The fourth-order valence-electron chi connectivity index (χ4n) is 3.37. The molecule has 0 bridgehead atoms. The number of rotatable bonds is 4. The van der Waals surface area contributed by atoms with Crippen LogP contribution in [0.1, 0.15) is 66.7 Å². The molecule has 1 N–H and O–H groups in total. The third-order valence-electron chi connectivity index (χ3n) is 3.57. The van der Waals surface area contributed by atoms with Crippen LogP contribution < -0.4 is 5.32 Å². The van der Waals surface area contributed by atoms with E-state index in [2.05, 4.69) is 39.9 Å². The summed E-state index contributed by atoms with van der Waals surface area (Å²) >= 11 is 0. The molecule has 1 aliphatic carbocycles. The largest absolute Gasteiger partial charge is 0.381 e. The quantitative estimate of drug-likeness (QED) is 0.809. The zero-order valence-electron chi connectivity index (χ0n) is 12.6. The van der Waals surface area contributed by atoms with Gasteiger partial charge in [-0.15, -0.1) is 0 Å². The molecule has 0 spiro atoms. The number of ether oxygens (including phenoxy) is 1. The maximum absolute atomic E-state index is 5.42. The lowest BCUT2D eigenvalue weighted by Gasteiger charge is -2.39. The minimum absolute atomic E-state index is 0.239. The molecule has 0 unspecified atom stereocenters. The van der Waals surface area contributed by atoms with E-state index in [0.717, 1.165) is 0 Å². The predicted molar refractivity (Wildman–Crippen MR) is 74.3 cm³/mol. The van der Waals surface area contributed by atoms with E-state index < -0.39 is 0 Å². The number of hydrogen-bond acceptors (Lipinski definition) is 2. The second-order valence-electron chi connectivity index (χ2n) is 7.47. The molecule has 17 heavy (non-hydrogen) atoms. The van der Waals surface area contributed by atoms with Crippen LogP contribution in [-0.4, -0.2) is 24.8 Å². The Morgan fingerprint density at radius 2 is 1.53 bits per heavy atom. The van der Waals surface area contributed by atoms with Crippen molar-refractivity contribution >= 4 is 0 Å². The molecular formula is C15H31NO. The molecule has 2 heteroatoms. The molecule has 1 aliphatic rings. The summed E-state index contributed by atoms with van der Waals surface area (Å²) in [7, 11) is 1.84. The van der Waals surface area contributed by atoms with Crippen LogP contribution >= 0.6 is 0 Å². The highest BCUT2D eigenvalue weighted by Gasteiger charge is 2.29. The first-order chi connectivity index (χ1) is 7.72. The maximum Gasteiger partial charge on any atom is 0.0572 e. The SMILES string of the molecule is COC1CCC(NC(C)(C)CC(C)(C)C)CC1. The summed E-state index contributed by atoms with van der Waals surface area (Å²) in [4.78, 5) is 0. The predicted octanol–water partition coefficient (Wildman–Crippen LogP) is 3.75. The number of methoxy groups -OCH3 is 1. The molecule has 0 amide bonds. The van der Waals surface area contributed by atoms with Gasteiger partial charge in [-0.2, -0.15) is 0 Å². The van der Waals surface area contributed by atoms with E-state index in [4.69, 9.17) is 4.74 Å². The van der Waals surface area contributed by atoms with Gasteiger partial charge in [0.15, 0.2) is 0 Å². The Morgan fingerprint density at radius 1 is 1.00 bits per heavy atom. The number of hydrogen-bond donors (Lipinski definition) is 1. The summed E-state index contributed by atoms with van der Waals surface area (Å²) in [6.07, 6.45) is 6.64. The zero-order chi connectivity index (χ0) is 13.1. The average Bonchev–Trinajstić information content (AvgIpc) is 2.14. The van der Waals surface area contributed by atoms with Crippen molar-refractivity contribution in [2.75, 3.05) is 7.11 Å². The fraction of sp³-hybridized carbons (Fsp3) is 1.00. The van der Waals surface area contributed by atoms with Crippen molar-refractivity contribution in [1.29, 1.82) is 0 Å². The molecule has 0 aromatic heterocycles. The van der Waals surface area contributed by atoms with E-state index in [1.807, 2.05) is 7.11 Å². The van der Waals surface area contributed by atoms with Crippen molar-refractivity contribution in [1.82, 2.24) is 5.32 Å².